The van der Waals surface area contributed by atoms with Crippen molar-refractivity contribution in [2.45, 2.75) is 17.8 Å². The molecule has 2 N–H and O–H groups in total. The quantitative estimate of drug-likeness (QED) is 0.572. The van der Waals surface area contributed by atoms with Crippen LogP contribution in [0.2, 0.25) is 0 Å². The maximum atomic E-state index is 12.7. The predicted octanol–water partition coefficient (Wildman–Crippen LogP) is 3.66. The van der Waals surface area contributed by atoms with Crippen molar-refractivity contribution in [3.63, 3.8) is 0 Å². The molecule has 2 aromatic carbocycles. The summed E-state index contributed by atoms with van der Waals surface area (Å²) in [5.74, 6) is -0.705. The highest BCUT2D eigenvalue weighted by Gasteiger charge is 2.32. The number of amidine groups is 1. The lowest BCUT2D eigenvalue weighted by Crippen LogP contribution is -2.28. The van der Waals surface area contributed by atoms with Gasteiger partial charge in [-0.25, -0.2) is 0 Å². The summed E-state index contributed by atoms with van der Waals surface area (Å²) in [5, 5.41) is 12.2. The number of amides is 2. The van der Waals surface area contributed by atoms with Gasteiger partial charge in [-0.1, -0.05) is 42.1 Å². The number of alkyl halides is 3. The predicted molar refractivity (Wildman–Crippen MR) is 106 cm³/mol. The first-order valence-corrected chi connectivity index (χ1v) is 9.30. The Labute approximate surface area is 168 Å². The number of nitrogens with one attached hydrogen (secondary N) is 2. The minimum absolute atomic E-state index is 0.0538. The molecule has 2 amide bonds. The van der Waals surface area contributed by atoms with Crippen LogP contribution >= 0.6 is 11.8 Å². The Kier molecular flexibility index (Phi) is 6.32. The average molecular weight is 420 g/mol. The Hall–Kier alpha value is -3.14. The van der Waals surface area contributed by atoms with Crippen molar-refractivity contribution in [1.82, 2.24) is 5.32 Å². The normalized spacial score (nSPS) is 18.2. The molecule has 0 bridgehead atoms. The monoisotopic (exact) mass is 420 g/mol. The summed E-state index contributed by atoms with van der Waals surface area (Å²) in [6, 6.07) is 13.5. The highest BCUT2D eigenvalue weighted by Crippen LogP contribution is 2.29. The minimum Gasteiger partial charge on any atom is -0.326 e. The minimum atomic E-state index is -4.45. The number of hydrogen-bond donors (Lipinski definition) is 2. The highest BCUT2D eigenvalue weighted by atomic mass is 32.2. The third-order valence-corrected chi connectivity index (χ3v) is 4.85. The Morgan fingerprint density at radius 2 is 1.93 bits per heavy atom. The van der Waals surface area contributed by atoms with Crippen LogP contribution in [-0.2, 0) is 15.8 Å². The van der Waals surface area contributed by atoms with E-state index in [2.05, 4.69) is 20.8 Å². The van der Waals surface area contributed by atoms with Crippen LogP contribution in [0.4, 0.5) is 18.9 Å². The molecule has 1 aliphatic heterocycles. The van der Waals surface area contributed by atoms with Gasteiger partial charge >= 0.3 is 6.18 Å². The molecule has 0 saturated carbocycles. The molecule has 1 aliphatic rings. The molecule has 1 unspecified atom stereocenters. The second kappa shape index (κ2) is 8.91. The number of carbonyl (C=O) groups is 2. The molecule has 1 heterocycles. The number of anilines is 1. The first-order valence-electron chi connectivity index (χ1n) is 8.42. The lowest BCUT2D eigenvalue weighted by molar-refractivity contribution is -0.137. The van der Waals surface area contributed by atoms with Crippen molar-refractivity contribution >= 4 is 40.6 Å². The van der Waals surface area contributed by atoms with E-state index in [4.69, 9.17) is 0 Å². The highest BCUT2D eigenvalue weighted by molar-refractivity contribution is 8.15. The van der Waals surface area contributed by atoms with E-state index in [1.165, 1.54) is 12.1 Å². The van der Waals surface area contributed by atoms with Crippen LogP contribution in [-0.4, -0.2) is 28.4 Å². The van der Waals surface area contributed by atoms with Gasteiger partial charge in [0.1, 0.15) is 5.25 Å². The van der Waals surface area contributed by atoms with Gasteiger partial charge in [0.05, 0.1) is 11.8 Å². The number of halogens is 3. The van der Waals surface area contributed by atoms with Gasteiger partial charge in [-0.3, -0.25) is 9.59 Å². The zero-order valence-electron chi connectivity index (χ0n) is 14.8. The van der Waals surface area contributed by atoms with Crippen molar-refractivity contribution in [2.24, 2.45) is 10.2 Å². The molecule has 2 aromatic rings. The molecule has 6 nitrogen and oxygen atoms in total. The Balaban J connectivity index is 1.57. The van der Waals surface area contributed by atoms with Crippen LogP contribution in [0, 0.1) is 0 Å². The third kappa shape index (κ3) is 5.92. The summed E-state index contributed by atoms with van der Waals surface area (Å²) in [6.45, 7) is 0. The second-order valence-electron chi connectivity index (χ2n) is 5.99. The van der Waals surface area contributed by atoms with E-state index in [1.807, 2.05) is 6.07 Å². The van der Waals surface area contributed by atoms with E-state index in [0.717, 1.165) is 30.1 Å². The van der Waals surface area contributed by atoms with E-state index in [9.17, 15) is 22.8 Å². The number of rotatable bonds is 5. The lowest BCUT2D eigenvalue weighted by atomic mass is 10.1. The van der Waals surface area contributed by atoms with Gasteiger partial charge < -0.3 is 10.6 Å². The van der Waals surface area contributed by atoms with Crippen LogP contribution in [0.1, 0.15) is 17.5 Å². The van der Waals surface area contributed by atoms with Crippen molar-refractivity contribution in [1.29, 1.82) is 0 Å². The molecule has 10 heteroatoms. The molecular weight excluding hydrogens is 405 g/mol. The van der Waals surface area contributed by atoms with Gasteiger partial charge in [-0.05, 0) is 29.8 Å². The first-order chi connectivity index (χ1) is 13.8. The topological polar surface area (TPSA) is 82.9 Å². The fourth-order valence-corrected chi connectivity index (χ4v) is 3.36. The van der Waals surface area contributed by atoms with Gasteiger partial charge in [-0.15, -0.1) is 5.10 Å². The van der Waals surface area contributed by atoms with Crippen LogP contribution < -0.4 is 10.6 Å². The Bertz CT molecular complexity index is 961. The molecule has 3 rings (SSSR count). The fraction of sp³-hybridized carbons (Fsp3) is 0.158. The van der Waals surface area contributed by atoms with Crippen LogP contribution in [0.5, 0.6) is 0 Å². The second-order valence-corrected chi connectivity index (χ2v) is 7.18. The number of para-hydroxylation sites is 1. The summed E-state index contributed by atoms with van der Waals surface area (Å²) in [6.07, 6.45) is -3.34. The van der Waals surface area contributed by atoms with E-state index in [0.29, 0.717) is 5.69 Å². The summed E-state index contributed by atoms with van der Waals surface area (Å²) < 4.78 is 38.1. The van der Waals surface area contributed by atoms with Crippen LogP contribution in [0.15, 0.2) is 64.8 Å². The number of benzene rings is 2. The zero-order chi connectivity index (χ0) is 20.9. The number of nitrogens with zero attached hydrogens (tertiary/aromatic N) is 2. The summed E-state index contributed by atoms with van der Waals surface area (Å²) in [5.41, 5.74) is 0.0555. The molecular formula is C19H15F3N4O2S. The molecule has 0 aliphatic carbocycles. The Morgan fingerprint density at radius 1 is 1.17 bits per heavy atom. The van der Waals surface area contributed by atoms with Crippen molar-refractivity contribution in [2.75, 3.05) is 5.32 Å². The average Bonchev–Trinajstić information content (AvgIpc) is 3.01. The smallest absolute Gasteiger partial charge is 0.326 e. The zero-order valence-corrected chi connectivity index (χ0v) is 15.6. The van der Waals surface area contributed by atoms with Gasteiger partial charge in [-0.2, -0.15) is 18.3 Å². The molecule has 1 saturated heterocycles. The summed E-state index contributed by atoms with van der Waals surface area (Å²) in [7, 11) is 0. The number of hydrogen-bond acceptors (Lipinski definition) is 5. The molecule has 0 radical (unpaired) electrons. The maximum absolute atomic E-state index is 12.7. The van der Waals surface area contributed by atoms with Gasteiger partial charge in [0.2, 0.25) is 11.8 Å². The van der Waals surface area contributed by atoms with E-state index in [1.54, 1.807) is 24.3 Å². The first kappa shape index (κ1) is 20.6. The molecule has 0 spiro atoms. The van der Waals surface area contributed by atoms with Crippen molar-refractivity contribution < 1.29 is 22.8 Å². The van der Waals surface area contributed by atoms with Crippen LogP contribution in [0.25, 0.3) is 0 Å². The Morgan fingerprint density at radius 3 is 2.66 bits per heavy atom. The van der Waals surface area contributed by atoms with Gasteiger partial charge in [0.25, 0.3) is 0 Å². The van der Waals surface area contributed by atoms with E-state index in [-0.39, 0.29) is 29.0 Å². The molecule has 1 atom stereocenters. The molecule has 1 fully saturated rings. The molecule has 150 valence electrons. The largest absolute Gasteiger partial charge is 0.416 e. The maximum Gasteiger partial charge on any atom is 0.416 e. The lowest BCUT2D eigenvalue weighted by Gasteiger charge is -2.06. The standard InChI is InChI=1S/C19H15F3N4O2S/c20-19(21,22)13-6-4-5-12(9-13)11-23-26-18-25-17(28)15(29-18)10-16(27)24-14-7-2-1-3-8-14/h1-9,11,15H,10H2,(H,24,27)(H,25,26,28)/b23-11+. The SMILES string of the molecule is O=C(CC1S/C(=N/N=C/c2cccc(C(F)(F)F)c2)NC1=O)Nc1ccccc1. The number of thioether (sulfide) groups is 1. The van der Waals surface area contributed by atoms with E-state index < -0.39 is 17.0 Å². The summed E-state index contributed by atoms with van der Waals surface area (Å²) >= 11 is 1.03. The van der Waals surface area contributed by atoms with Gasteiger partial charge in [0, 0.05) is 12.1 Å². The van der Waals surface area contributed by atoms with Crippen LogP contribution in [0.3, 0.4) is 0 Å². The fourth-order valence-electron chi connectivity index (χ4n) is 2.43. The summed E-state index contributed by atoms with van der Waals surface area (Å²) in [4.78, 5) is 24.1. The van der Waals surface area contributed by atoms with Crippen molar-refractivity contribution in [3.05, 3.63) is 65.7 Å². The van der Waals surface area contributed by atoms with E-state index >= 15 is 0 Å². The van der Waals surface area contributed by atoms with Gasteiger partial charge in [0.15, 0.2) is 5.17 Å². The van der Waals surface area contributed by atoms with Crippen molar-refractivity contribution in [3.8, 4) is 0 Å². The number of carbonyl (C=O) groups excluding carboxylic acids is 2. The third-order valence-electron chi connectivity index (χ3n) is 3.77. The molecule has 0 aromatic heterocycles. The molecule has 29 heavy (non-hydrogen) atoms.